The van der Waals surface area contributed by atoms with Crippen molar-refractivity contribution in [2.45, 2.75) is 97.3 Å². The van der Waals surface area contributed by atoms with Gasteiger partial charge in [-0.05, 0) is 85.0 Å². The lowest BCUT2D eigenvalue weighted by atomic mass is 10.5. The summed E-state index contributed by atoms with van der Waals surface area (Å²) in [5, 5.41) is 0. The van der Waals surface area contributed by atoms with E-state index in [1.54, 1.807) is 6.08 Å². The smallest absolute Gasteiger partial charge is 0.437 e. The van der Waals surface area contributed by atoms with E-state index in [0.717, 1.165) is 0 Å². The molecule has 0 aromatic heterocycles. The normalized spacial score (nSPS) is 15.3. The van der Waals surface area contributed by atoms with Crippen LogP contribution in [0, 0.1) is 0 Å². The number of aliphatic imine (C=N–C) groups is 1. The Morgan fingerprint density at radius 3 is 1.43 bits per heavy atom. The standard InChI is InChI=1S/C17H45NO6Si6/c1-26(2,3)21-25(22-27(4,5)6)17(14-15-18-16-19)20-30(13,23-28(7,8)9)24-29(10,11)12/h17,25H,14-15H2,1-13H3. The van der Waals surface area contributed by atoms with Gasteiger partial charge in [-0.2, -0.15) is 0 Å². The van der Waals surface area contributed by atoms with E-state index in [2.05, 4.69) is 83.6 Å². The van der Waals surface area contributed by atoms with Crippen molar-refractivity contribution in [3.63, 3.8) is 0 Å². The summed E-state index contributed by atoms with van der Waals surface area (Å²) in [7, 11) is -12.8. The molecule has 1 unspecified atom stereocenters. The average Bonchev–Trinajstić information content (AvgIpc) is 2.38. The van der Waals surface area contributed by atoms with Crippen molar-refractivity contribution < 1.29 is 25.7 Å². The minimum atomic E-state index is -2.97. The summed E-state index contributed by atoms with van der Waals surface area (Å²) in [6, 6.07) is 0. The molecule has 0 radical (unpaired) electrons. The van der Waals surface area contributed by atoms with Crippen molar-refractivity contribution in [1.82, 2.24) is 0 Å². The maximum atomic E-state index is 10.7. The third-order valence-corrected chi connectivity index (χ3v) is 20.6. The van der Waals surface area contributed by atoms with Gasteiger partial charge in [-0.25, -0.2) is 9.79 Å². The Kier molecular flexibility index (Phi) is 11.7. The molecule has 0 N–H and O–H groups in total. The zero-order chi connectivity index (χ0) is 24.0. The first kappa shape index (κ1) is 30.5. The van der Waals surface area contributed by atoms with Gasteiger partial charge in [0.1, 0.15) is 0 Å². The predicted octanol–water partition coefficient (Wildman–Crippen LogP) is 4.83. The lowest BCUT2D eigenvalue weighted by Crippen LogP contribution is -2.60. The molecule has 0 bridgehead atoms. The van der Waals surface area contributed by atoms with E-state index in [0.29, 0.717) is 13.0 Å². The molecule has 0 aromatic rings. The molecule has 0 spiro atoms. The highest BCUT2D eigenvalue weighted by Gasteiger charge is 2.48. The van der Waals surface area contributed by atoms with E-state index < -0.39 is 51.4 Å². The van der Waals surface area contributed by atoms with Gasteiger partial charge in [0.15, 0.2) is 33.3 Å². The maximum Gasteiger partial charge on any atom is 0.476 e. The van der Waals surface area contributed by atoms with E-state index >= 15 is 0 Å². The molecule has 30 heavy (non-hydrogen) atoms. The lowest BCUT2D eigenvalue weighted by Gasteiger charge is -2.42. The molecule has 0 aliphatic rings. The Morgan fingerprint density at radius 1 is 0.733 bits per heavy atom. The van der Waals surface area contributed by atoms with Crippen molar-refractivity contribution in [3.05, 3.63) is 0 Å². The van der Waals surface area contributed by atoms with Crippen LogP contribution in [0.4, 0.5) is 0 Å². The van der Waals surface area contributed by atoms with Crippen molar-refractivity contribution in [2.24, 2.45) is 4.99 Å². The Labute approximate surface area is 191 Å². The maximum absolute atomic E-state index is 10.7. The highest BCUT2D eigenvalue weighted by Crippen LogP contribution is 2.27. The van der Waals surface area contributed by atoms with Gasteiger partial charge in [-0.1, -0.05) is 0 Å². The molecule has 178 valence electrons. The van der Waals surface area contributed by atoms with Crippen LogP contribution in [0.2, 0.25) is 85.1 Å². The van der Waals surface area contributed by atoms with Crippen LogP contribution in [0.15, 0.2) is 4.99 Å². The third kappa shape index (κ3) is 16.2. The topological polar surface area (TPSA) is 75.6 Å². The number of carbonyl (C=O) groups excluding carboxylic acids is 1. The number of isocyanates is 1. The monoisotopic (exact) mass is 527 g/mol. The van der Waals surface area contributed by atoms with Crippen molar-refractivity contribution in [2.75, 3.05) is 6.54 Å². The van der Waals surface area contributed by atoms with Gasteiger partial charge in [0, 0.05) is 6.55 Å². The highest BCUT2D eigenvalue weighted by atomic mass is 28.5. The Hall–Kier alpha value is 0.481. The number of nitrogens with zero attached hydrogens (tertiary/aromatic N) is 1. The van der Waals surface area contributed by atoms with E-state index in [1.165, 1.54) is 0 Å². The minimum Gasteiger partial charge on any atom is -0.437 e. The Morgan fingerprint density at radius 2 is 1.13 bits per heavy atom. The third-order valence-electron chi connectivity index (χ3n) is 3.18. The summed E-state index contributed by atoms with van der Waals surface area (Å²) in [5.74, 6) is 0. The zero-order valence-electron chi connectivity index (χ0n) is 21.5. The average molecular weight is 528 g/mol. The van der Waals surface area contributed by atoms with Crippen LogP contribution in [-0.4, -0.2) is 69.7 Å². The summed E-state index contributed by atoms with van der Waals surface area (Å²) in [6.07, 6.45) is 2.17. The van der Waals surface area contributed by atoms with Crippen molar-refractivity contribution in [3.8, 4) is 0 Å². The second kappa shape index (κ2) is 11.6. The summed E-state index contributed by atoms with van der Waals surface area (Å²) in [6.45, 7) is 28.2. The fourth-order valence-corrected chi connectivity index (χ4v) is 22.3. The molecule has 0 saturated carbocycles. The molecule has 0 aliphatic heterocycles. The fourth-order valence-electron chi connectivity index (χ4n) is 2.82. The van der Waals surface area contributed by atoms with Crippen LogP contribution in [0.1, 0.15) is 6.42 Å². The Balaban J connectivity index is 6.06. The summed E-state index contributed by atoms with van der Waals surface area (Å²) in [5.41, 5.74) is -0.301. The second-order valence-electron chi connectivity index (χ2n) is 11.5. The van der Waals surface area contributed by atoms with Gasteiger partial charge in [-0.3, -0.25) is 0 Å². The molecule has 0 amide bonds. The highest BCUT2D eigenvalue weighted by molar-refractivity contribution is 6.86. The molecular formula is C17H45NO6Si6. The fraction of sp³-hybridized carbons (Fsp3) is 0.941. The van der Waals surface area contributed by atoms with E-state index in [4.69, 9.17) is 20.9 Å². The number of hydrogen-bond donors (Lipinski definition) is 0. The summed E-state index contributed by atoms with van der Waals surface area (Å²) < 4.78 is 32.9. The summed E-state index contributed by atoms with van der Waals surface area (Å²) >= 11 is 0. The molecule has 0 aromatic carbocycles. The first-order chi connectivity index (χ1) is 13.1. The van der Waals surface area contributed by atoms with E-state index in [9.17, 15) is 4.79 Å². The van der Waals surface area contributed by atoms with E-state index in [1.807, 2.05) is 6.55 Å². The van der Waals surface area contributed by atoms with Crippen LogP contribution in [-0.2, 0) is 25.7 Å². The summed E-state index contributed by atoms with van der Waals surface area (Å²) in [4.78, 5) is 14.4. The van der Waals surface area contributed by atoms with Crippen LogP contribution < -0.4 is 0 Å². The van der Waals surface area contributed by atoms with Crippen molar-refractivity contribution in [1.29, 1.82) is 0 Å². The van der Waals surface area contributed by atoms with Gasteiger partial charge in [-0.15, -0.1) is 0 Å². The lowest BCUT2D eigenvalue weighted by molar-refractivity contribution is 0.122. The molecule has 7 nitrogen and oxygen atoms in total. The van der Waals surface area contributed by atoms with Gasteiger partial charge >= 0.3 is 18.1 Å². The molecule has 0 heterocycles. The largest absolute Gasteiger partial charge is 0.476 e. The minimum absolute atomic E-state index is 0.301. The molecular weight excluding hydrogens is 483 g/mol. The molecule has 1 atom stereocenters. The molecule has 0 rings (SSSR count). The molecule has 0 saturated heterocycles. The van der Waals surface area contributed by atoms with Crippen LogP contribution in [0.25, 0.3) is 0 Å². The van der Waals surface area contributed by atoms with Gasteiger partial charge < -0.3 is 20.9 Å². The first-order valence-electron chi connectivity index (χ1n) is 10.6. The predicted molar refractivity (Wildman–Crippen MR) is 139 cm³/mol. The molecule has 0 aliphatic carbocycles. The van der Waals surface area contributed by atoms with Crippen LogP contribution in [0.5, 0.6) is 0 Å². The second-order valence-corrected chi connectivity index (χ2v) is 35.4. The van der Waals surface area contributed by atoms with Gasteiger partial charge in [0.25, 0.3) is 0 Å². The number of hydrogen-bond acceptors (Lipinski definition) is 7. The van der Waals surface area contributed by atoms with Crippen molar-refractivity contribution >= 4 is 57.4 Å². The van der Waals surface area contributed by atoms with Gasteiger partial charge in [0.2, 0.25) is 6.08 Å². The molecule has 13 heteroatoms. The van der Waals surface area contributed by atoms with E-state index in [-0.39, 0.29) is 5.73 Å². The SMILES string of the molecule is C[Si](C)(C)O[SiH](O[Si](C)(C)C)C(CCN=C=O)O[Si](C)(O[Si](C)(C)C)O[Si](C)(C)C. The molecule has 0 fully saturated rings. The number of rotatable bonds is 14. The van der Waals surface area contributed by atoms with Crippen LogP contribution in [0.3, 0.4) is 0 Å². The zero-order valence-corrected chi connectivity index (χ0v) is 27.6. The quantitative estimate of drug-likeness (QED) is 0.183. The Bertz CT molecular complexity index is 543. The first-order valence-corrected chi connectivity index (χ1v) is 28.1. The van der Waals surface area contributed by atoms with Crippen LogP contribution >= 0.6 is 0 Å². The van der Waals surface area contributed by atoms with Gasteiger partial charge in [0.05, 0.1) is 12.3 Å².